The summed E-state index contributed by atoms with van der Waals surface area (Å²) < 4.78 is 7.68. The Balaban J connectivity index is 2.04. The number of methoxy groups -OCH3 is 1. The van der Waals surface area contributed by atoms with Crippen molar-refractivity contribution in [2.24, 2.45) is 0 Å². The quantitative estimate of drug-likeness (QED) is 0.477. The molecule has 4 rings (SSSR count). The summed E-state index contributed by atoms with van der Waals surface area (Å²) in [6.45, 7) is 1.06. The molecule has 2 heteroatoms. The lowest BCUT2D eigenvalue weighted by Gasteiger charge is -2.16. The normalized spacial score (nSPS) is 13.1. The second kappa shape index (κ2) is 3.89. The first-order chi connectivity index (χ1) is 9.36. The highest BCUT2D eigenvalue weighted by atomic mass is 16.5. The molecule has 94 valence electrons. The minimum absolute atomic E-state index is 0.920. The van der Waals surface area contributed by atoms with Crippen molar-refractivity contribution in [3.05, 3.63) is 54.2 Å². The van der Waals surface area contributed by atoms with Gasteiger partial charge < -0.3 is 4.74 Å². The first kappa shape index (κ1) is 10.7. The summed E-state index contributed by atoms with van der Waals surface area (Å²) in [5.74, 6) is 0.920. The van der Waals surface area contributed by atoms with Crippen LogP contribution in [0.25, 0.3) is 22.0 Å². The van der Waals surface area contributed by atoms with E-state index in [2.05, 4.69) is 47.2 Å². The van der Waals surface area contributed by atoms with E-state index >= 15 is 0 Å². The van der Waals surface area contributed by atoms with Gasteiger partial charge in [-0.25, -0.2) is 0 Å². The number of rotatable bonds is 1. The average Bonchev–Trinajstić information content (AvgIpc) is 2.84. The van der Waals surface area contributed by atoms with Crippen molar-refractivity contribution in [2.75, 3.05) is 7.11 Å². The summed E-state index contributed by atoms with van der Waals surface area (Å²) in [5.41, 5.74) is 4.17. The zero-order chi connectivity index (χ0) is 12.8. The molecule has 0 radical (unpaired) electrons. The minimum Gasteiger partial charge on any atom is -0.507 e. The third-order valence-electron chi connectivity index (χ3n) is 3.99. The largest absolute Gasteiger partial charge is 0.507 e. The van der Waals surface area contributed by atoms with Crippen LogP contribution in [0.3, 0.4) is 0 Å². The Morgan fingerprint density at radius 1 is 1.16 bits per heavy atom. The standard InChI is InChI=1S/C17H15NO/c1-19-14-6-7-16-13(10-14)11-18-9-8-12-4-2-3-5-15(12)17(16)18/h2-7,10-11H,8-9H2,1H3. The number of ether oxygens (including phenoxy) is 1. The van der Waals surface area contributed by atoms with Gasteiger partial charge in [0.25, 0.3) is 0 Å². The minimum atomic E-state index is 0.920. The van der Waals surface area contributed by atoms with Crippen LogP contribution in [0.15, 0.2) is 48.7 Å². The third-order valence-corrected chi connectivity index (χ3v) is 3.99. The van der Waals surface area contributed by atoms with Crippen molar-refractivity contribution in [1.29, 1.82) is 0 Å². The summed E-state index contributed by atoms with van der Waals surface area (Å²) in [5, 5.41) is 2.57. The summed E-state index contributed by atoms with van der Waals surface area (Å²) in [4.78, 5) is 0. The van der Waals surface area contributed by atoms with Crippen molar-refractivity contribution in [3.8, 4) is 17.0 Å². The van der Waals surface area contributed by atoms with Crippen LogP contribution in [-0.4, -0.2) is 7.11 Å². The third kappa shape index (κ3) is 1.49. The highest BCUT2D eigenvalue weighted by Gasteiger charge is 2.20. The van der Waals surface area contributed by atoms with Crippen LogP contribution in [0, 0.1) is 0 Å². The van der Waals surface area contributed by atoms with Gasteiger partial charge >= 0.3 is 0 Å². The monoisotopic (exact) mass is 249 g/mol. The highest BCUT2D eigenvalue weighted by molar-refractivity contribution is 5.95. The van der Waals surface area contributed by atoms with Crippen molar-refractivity contribution in [2.45, 2.75) is 13.0 Å². The molecule has 3 aromatic rings. The van der Waals surface area contributed by atoms with E-state index in [1.54, 1.807) is 7.11 Å². The molecular formula is C17H15NO. The zero-order valence-corrected chi connectivity index (χ0v) is 10.9. The van der Waals surface area contributed by atoms with Crippen molar-refractivity contribution < 1.29 is 9.30 Å². The molecule has 1 aliphatic rings. The van der Waals surface area contributed by atoms with Crippen LogP contribution in [0.2, 0.25) is 0 Å². The highest BCUT2D eigenvalue weighted by Crippen LogP contribution is 2.33. The lowest BCUT2D eigenvalue weighted by molar-refractivity contribution is -0.683. The molecule has 0 N–H and O–H groups in total. The summed E-state index contributed by atoms with van der Waals surface area (Å²) in [6, 6.07) is 15.0. The van der Waals surface area contributed by atoms with Gasteiger partial charge in [0.05, 0.1) is 19.1 Å². The Bertz CT molecular complexity index is 770. The fourth-order valence-electron chi connectivity index (χ4n) is 3.06. The van der Waals surface area contributed by atoms with Gasteiger partial charge in [-0.1, -0.05) is 47.2 Å². The molecule has 0 spiro atoms. The molecule has 0 fully saturated rings. The number of nitrogens with zero attached hydrogens (tertiary/aromatic N) is 1. The molecule has 2 aromatic carbocycles. The summed E-state index contributed by atoms with van der Waals surface area (Å²) >= 11 is 0. The molecule has 0 unspecified atom stereocenters. The predicted molar refractivity (Wildman–Crippen MR) is 75.4 cm³/mol. The fraction of sp³-hybridized carbons (Fsp3) is 0.176. The van der Waals surface area contributed by atoms with Crippen LogP contribution in [-0.2, 0) is 13.0 Å². The van der Waals surface area contributed by atoms with Crippen molar-refractivity contribution in [3.63, 3.8) is 0 Å². The van der Waals surface area contributed by atoms with Crippen LogP contribution in [0.5, 0.6) is 5.75 Å². The lowest BCUT2D eigenvalue weighted by atomic mass is 9.97. The Labute approximate surface area is 112 Å². The molecule has 0 amide bonds. The van der Waals surface area contributed by atoms with E-state index in [9.17, 15) is 0 Å². The van der Waals surface area contributed by atoms with Crippen molar-refractivity contribution >= 4 is 10.8 Å². The van der Waals surface area contributed by atoms with Gasteiger partial charge in [-0.15, -0.1) is 0 Å². The topological polar surface area (TPSA) is 13.1 Å². The number of aromatic nitrogens is 1. The molecule has 0 bridgehead atoms. The summed E-state index contributed by atoms with van der Waals surface area (Å²) in [7, 11) is 1.71. The number of benzene rings is 2. The van der Waals surface area contributed by atoms with Crippen LogP contribution in [0.1, 0.15) is 5.56 Å². The molecule has 1 aromatic heterocycles. The van der Waals surface area contributed by atoms with Gasteiger partial charge in [0.2, 0.25) is 0 Å². The number of hydrogen-bond acceptors (Lipinski definition) is 1. The molecule has 2 heterocycles. The SMILES string of the molecule is COc1ccc2c3[n+]([cH-]c2c1)CCc1ccccc1-3. The lowest BCUT2D eigenvalue weighted by Crippen LogP contribution is -2.37. The van der Waals surface area contributed by atoms with E-state index in [0.717, 1.165) is 18.7 Å². The molecular weight excluding hydrogens is 234 g/mol. The Kier molecular flexibility index (Phi) is 2.18. The van der Waals surface area contributed by atoms with Crippen LogP contribution >= 0.6 is 0 Å². The molecule has 0 saturated heterocycles. The van der Waals surface area contributed by atoms with Crippen LogP contribution < -0.4 is 9.30 Å². The van der Waals surface area contributed by atoms with E-state index in [0.29, 0.717) is 0 Å². The van der Waals surface area contributed by atoms with Gasteiger partial charge in [0.1, 0.15) is 12.2 Å². The second-order valence-corrected chi connectivity index (χ2v) is 5.03. The number of aryl methyl sites for hydroxylation is 2. The van der Waals surface area contributed by atoms with E-state index in [1.165, 1.54) is 27.6 Å². The Morgan fingerprint density at radius 2 is 2.05 bits per heavy atom. The predicted octanol–water partition coefficient (Wildman–Crippen LogP) is 3.08. The fourth-order valence-corrected chi connectivity index (χ4v) is 3.06. The van der Waals surface area contributed by atoms with E-state index in [4.69, 9.17) is 4.74 Å². The Hall–Kier alpha value is -2.22. The molecule has 1 aliphatic heterocycles. The zero-order valence-electron chi connectivity index (χ0n) is 10.9. The van der Waals surface area contributed by atoms with Crippen molar-refractivity contribution in [1.82, 2.24) is 0 Å². The smallest absolute Gasteiger partial charge is 0.134 e. The Morgan fingerprint density at radius 3 is 2.95 bits per heavy atom. The molecule has 2 nitrogen and oxygen atoms in total. The van der Waals surface area contributed by atoms with Gasteiger partial charge in [-0.05, 0) is 17.2 Å². The van der Waals surface area contributed by atoms with Gasteiger partial charge in [0.15, 0.2) is 0 Å². The van der Waals surface area contributed by atoms with Crippen LogP contribution in [0.4, 0.5) is 0 Å². The van der Waals surface area contributed by atoms with E-state index in [1.807, 2.05) is 6.07 Å². The molecule has 0 saturated carbocycles. The number of fused-ring (bicyclic) bond motifs is 5. The van der Waals surface area contributed by atoms with Gasteiger partial charge in [0, 0.05) is 6.42 Å². The maximum atomic E-state index is 5.31. The van der Waals surface area contributed by atoms with Gasteiger partial charge in [-0.2, -0.15) is 0 Å². The number of hydrogen-bond donors (Lipinski definition) is 0. The maximum absolute atomic E-state index is 5.31. The second-order valence-electron chi connectivity index (χ2n) is 5.03. The molecule has 19 heavy (non-hydrogen) atoms. The maximum Gasteiger partial charge on any atom is 0.134 e. The average molecular weight is 249 g/mol. The first-order valence-electron chi connectivity index (χ1n) is 6.62. The first-order valence-corrected chi connectivity index (χ1v) is 6.62. The molecule has 0 atom stereocenters. The van der Waals surface area contributed by atoms with Gasteiger partial charge in [-0.3, -0.25) is 4.57 Å². The van der Waals surface area contributed by atoms with E-state index < -0.39 is 0 Å². The summed E-state index contributed by atoms with van der Waals surface area (Å²) in [6.07, 6.45) is 3.35. The van der Waals surface area contributed by atoms with E-state index in [-0.39, 0.29) is 0 Å². The molecule has 0 aliphatic carbocycles.